The summed E-state index contributed by atoms with van der Waals surface area (Å²) in [6, 6.07) is 9.46. The Balaban J connectivity index is 1.62. The molecule has 2 aromatic heterocycles. The topological polar surface area (TPSA) is 27.1 Å². The van der Waals surface area contributed by atoms with E-state index in [2.05, 4.69) is 11.1 Å². The molecule has 3 nitrogen and oxygen atoms in total. The predicted molar refractivity (Wildman–Crippen MR) is 105 cm³/mol. The number of halogens is 3. The van der Waals surface area contributed by atoms with Crippen LogP contribution in [0.5, 0.6) is 0 Å². The summed E-state index contributed by atoms with van der Waals surface area (Å²) in [5.74, 6) is 0. The minimum atomic E-state index is 0.0434. The van der Waals surface area contributed by atoms with E-state index in [9.17, 15) is 0 Å². The molecular weight excluding hydrogens is 399 g/mol. The first kappa shape index (κ1) is 18.7. The lowest BCUT2D eigenvalue weighted by atomic mass is 10.1. The average molecular weight is 416 g/mol. The first-order chi connectivity index (χ1) is 12.1. The number of ether oxygens (including phenoxy) is 1. The molecule has 2 heterocycles. The summed E-state index contributed by atoms with van der Waals surface area (Å²) in [6.07, 6.45) is 7.36. The second-order valence-corrected chi connectivity index (χ2v) is 8.32. The van der Waals surface area contributed by atoms with Gasteiger partial charge in [0.05, 0.1) is 23.4 Å². The van der Waals surface area contributed by atoms with Gasteiger partial charge in [-0.2, -0.15) is 0 Å². The second kappa shape index (κ2) is 9.06. The molecule has 0 aliphatic heterocycles. The summed E-state index contributed by atoms with van der Waals surface area (Å²) in [7, 11) is 0. The van der Waals surface area contributed by atoms with Crippen molar-refractivity contribution in [3.05, 3.63) is 73.9 Å². The highest BCUT2D eigenvalue weighted by atomic mass is 35.5. The van der Waals surface area contributed by atoms with E-state index < -0.39 is 0 Å². The lowest BCUT2D eigenvalue weighted by molar-refractivity contribution is 0.0241. The van der Waals surface area contributed by atoms with Crippen LogP contribution in [-0.4, -0.2) is 15.7 Å². The number of rotatable bonds is 8. The summed E-state index contributed by atoms with van der Waals surface area (Å²) in [4.78, 5) is 5.35. The molecule has 1 unspecified atom stereocenters. The van der Waals surface area contributed by atoms with Crippen LogP contribution >= 0.6 is 46.1 Å². The van der Waals surface area contributed by atoms with Gasteiger partial charge in [-0.15, -0.1) is 11.3 Å². The summed E-state index contributed by atoms with van der Waals surface area (Å²) in [5, 5.41) is 1.25. The molecule has 0 saturated heterocycles. The van der Waals surface area contributed by atoms with Crippen molar-refractivity contribution < 1.29 is 4.74 Å². The first-order valence-electron chi connectivity index (χ1n) is 7.85. The highest BCUT2D eigenvalue weighted by Gasteiger charge is 2.13. The van der Waals surface area contributed by atoms with E-state index in [1.807, 2.05) is 29.0 Å². The van der Waals surface area contributed by atoms with Crippen LogP contribution < -0.4 is 0 Å². The van der Waals surface area contributed by atoms with E-state index >= 15 is 0 Å². The van der Waals surface area contributed by atoms with Crippen molar-refractivity contribution >= 4 is 46.1 Å². The largest absolute Gasteiger partial charge is 0.372 e. The van der Waals surface area contributed by atoms with E-state index in [4.69, 9.17) is 39.5 Å². The Morgan fingerprint density at radius 3 is 2.72 bits per heavy atom. The van der Waals surface area contributed by atoms with Crippen molar-refractivity contribution in [2.75, 3.05) is 0 Å². The third-order valence-corrected chi connectivity index (χ3v) is 5.68. The second-order valence-electron chi connectivity index (χ2n) is 5.67. The number of hydrogen-bond acceptors (Lipinski definition) is 3. The van der Waals surface area contributed by atoms with Gasteiger partial charge in [0.25, 0.3) is 0 Å². The molecule has 0 amide bonds. The van der Waals surface area contributed by atoms with Gasteiger partial charge in [0.1, 0.15) is 0 Å². The van der Waals surface area contributed by atoms with E-state index in [0.29, 0.717) is 16.7 Å². The summed E-state index contributed by atoms with van der Waals surface area (Å²) in [6.45, 7) is 1.19. The molecule has 0 bridgehead atoms. The van der Waals surface area contributed by atoms with Crippen LogP contribution in [0.1, 0.15) is 16.9 Å². The molecule has 1 aromatic carbocycles. The zero-order valence-corrected chi connectivity index (χ0v) is 16.5. The molecule has 0 fully saturated rings. The minimum Gasteiger partial charge on any atom is -0.372 e. The van der Waals surface area contributed by atoms with Gasteiger partial charge in [-0.05, 0) is 42.7 Å². The maximum Gasteiger partial charge on any atom is 0.0946 e. The van der Waals surface area contributed by atoms with Gasteiger partial charge in [-0.1, -0.05) is 40.9 Å². The highest BCUT2D eigenvalue weighted by Crippen LogP contribution is 2.25. The molecule has 0 spiro atoms. The van der Waals surface area contributed by atoms with Crippen molar-refractivity contribution in [3.8, 4) is 0 Å². The van der Waals surface area contributed by atoms with E-state index in [-0.39, 0.29) is 6.10 Å². The van der Waals surface area contributed by atoms with Gasteiger partial charge in [0.15, 0.2) is 0 Å². The highest BCUT2D eigenvalue weighted by molar-refractivity contribution is 7.16. The number of benzene rings is 1. The molecule has 1 atom stereocenters. The van der Waals surface area contributed by atoms with Crippen LogP contribution in [0, 0.1) is 0 Å². The summed E-state index contributed by atoms with van der Waals surface area (Å²) >= 11 is 19.8. The van der Waals surface area contributed by atoms with Crippen molar-refractivity contribution in [2.45, 2.75) is 32.1 Å². The van der Waals surface area contributed by atoms with Gasteiger partial charge >= 0.3 is 0 Å². The Morgan fingerprint density at radius 1 is 1.16 bits per heavy atom. The van der Waals surface area contributed by atoms with Crippen LogP contribution in [0.15, 0.2) is 49.1 Å². The fraction of sp³-hybridized carbons (Fsp3) is 0.278. The number of imidazole rings is 1. The molecule has 0 radical (unpaired) electrons. The summed E-state index contributed by atoms with van der Waals surface area (Å²) < 4.78 is 8.98. The lowest BCUT2D eigenvalue weighted by Gasteiger charge is -2.19. The molecule has 0 aliphatic rings. The van der Waals surface area contributed by atoms with Crippen molar-refractivity contribution in [1.29, 1.82) is 0 Å². The quantitative estimate of drug-likeness (QED) is 0.443. The molecule has 0 N–H and O–H groups in total. The molecule has 0 saturated carbocycles. The van der Waals surface area contributed by atoms with E-state index in [1.165, 1.54) is 4.88 Å². The molecule has 3 aromatic rings. The Hall–Kier alpha value is -1.04. The smallest absolute Gasteiger partial charge is 0.0946 e. The average Bonchev–Trinajstić information content (AvgIpc) is 3.23. The molecule has 3 rings (SSSR count). The monoisotopic (exact) mass is 414 g/mol. The fourth-order valence-electron chi connectivity index (χ4n) is 2.49. The van der Waals surface area contributed by atoms with E-state index in [1.54, 1.807) is 29.9 Å². The number of hydrogen-bond donors (Lipinski definition) is 0. The van der Waals surface area contributed by atoms with Gasteiger partial charge in [0.2, 0.25) is 0 Å². The lowest BCUT2D eigenvalue weighted by Crippen LogP contribution is -2.20. The first-order valence-corrected chi connectivity index (χ1v) is 9.80. The Labute approximate surface area is 166 Å². The summed E-state index contributed by atoms with van der Waals surface area (Å²) in [5.41, 5.74) is 0.931. The Kier molecular flexibility index (Phi) is 6.79. The number of aryl methyl sites for hydroxylation is 1. The van der Waals surface area contributed by atoms with Gasteiger partial charge in [-0.25, -0.2) is 4.98 Å². The zero-order valence-electron chi connectivity index (χ0n) is 13.4. The SMILES string of the molecule is Clc1ccc(COC(CCc2ccc(Cl)s2)Cn2ccnc2)c(Cl)c1. The molecular formula is C18H17Cl3N2OS. The Morgan fingerprint density at radius 2 is 2.04 bits per heavy atom. The maximum absolute atomic E-state index is 6.24. The molecule has 0 aliphatic carbocycles. The maximum atomic E-state index is 6.24. The minimum absolute atomic E-state index is 0.0434. The van der Waals surface area contributed by atoms with Crippen LogP contribution in [0.2, 0.25) is 14.4 Å². The van der Waals surface area contributed by atoms with Crippen LogP contribution in [0.4, 0.5) is 0 Å². The van der Waals surface area contributed by atoms with Crippen molar-refractivity contribution in [1.82, 2.24) is 9.55 Å². The number of aromatic nitrogens is 2. The fourth-order valence-corrected chi connectivity index (χ4v) is 4.06. The van der Waals surface area contributed by atoms with Gasteiger partial charge in [0, 0.05) is 33.9 Å². The predicted octanol–water partition coefficient (Wildman–Crippen LogP) is 6.12. The molecule has 132 valence electrons. The Bertz CT molecular complexity index is 805. The zero-order chi connectivity index (χ0) is 17.6. The normalized spacial score (nSPS) is 12.4. The van der Waals surface area contributed by atoms with Crippen LogP contribution in [-0.2, 0) is 24.3 Å². The van der Waals surface area contributed by atoms with E-state index in [0.717, 1.165) is 29.3 Å². The molecule has 25 heavy (non-hydrogen) atoms. The number of thiophene rings is 1. The number of nitrogens with zero attached hydrogens (tertiary/aromatic N) is 2. The van der Waals surface area contributed by atoms with Crippen molar-refractivity contribution in [2.24, 2.45) is 0 Å². The van der Waals surface area contributed by atoms with Gasteiger partial charge < -0.3 is 9.30 Å². The third kappa shape index (κ3) is 5.73. The van der Waals surface area contributed by atoms with Gasteiger partial charge in [-0.3, -0.25) is 0 Å². The molecule has 7 heteroatoms. The van der Waals surface area contributed by atoms with Crippen LogP contribution in [0.25, 0.3) is 0 Å². The third-order valence-electron chi connectivity index (χ3n) is 3.80. The van der Waals surface area contributed by atoms with Crippen molar-refractivity contribution in [3.63, 3.8) is 0 Å². The van der Waals surface area contributed by atoms with Crippen LogP contribution in [0.3, 0.4) is 0 Å². The standard InChI is InChI=1S/C18H17Cl3N2OS/c19-14-2-1-13(17(20)9-14)11-24-15(10-23-8-7-22-12-23)3-4-16-5-6-18(21)25-16/h1-2,5-9,12,15H,3-4,10-11H2.